The fraction of sp³-hybridized carbons (Fsp3) is 0.125. The molecule has 0 amide bonds. The topological polar surface area (TPSA) is 59.4 Å². The molecule has 2 rings (SSSR count). The molecule has 4 nitrogen and oxygen atoms in total. The zero-order valence-corrected chi connectivity index (χ0v) is 6.23. The van der Waals surface area contributed by atoms with Crippen LogP contribution in [0.25, 0.3) is 11.7 Å². The molecule has 62 valence electrons. The number of aliphatic hydroxyl groups is 1. The van der Waals surface area contributed by atoms with Crippen molar-refractivity contribution in [3.05, 3.63) is 30.4 Å². The summed E-state index contributed by atoms with van der Waals surface area (Å²) >= 11 is 0. The van der Waals surface area contributed by atoms with E-state index in [2.05, 4.69) is 4.98 Å². The van der Waals surface area contributed by atoms with Crippen molar-refractivity contribution in [2.45, 2.75) is 6.61 Å². The maximum Gasteiger partial charge on any atom is 0.263 e. The Labute approximate surface area is 68.5 Å². The highest BCUT2D eigenvalue weighted by atomic mass is 16.4. The first-order valence-electron chi connectivity index (χ1n) is 3.49. The Balaban J connectivity index is 2.35. The maximum atomic E-state index is 8.68. The summed E-state index contributed by atoms with van der Waals surface area (Å²) in [5, 5.41) is 8.68. The predicted molar refractivity (Wildman–Crippen MR) is 40.1 cm³/mol. The van der Waals surface area contributed by atoms with Gasteiger partial charge in [-0.05, 0) is 12.1 Å². The van der Waals surface area contributed by atoms with Crippen molar-refractivity contribution in [1.29, 1.82) is 0 Å². The number of hydrogen-bond acceptors (Lipinski definition) is 4. The monoisotopic (exact) mass is 165 g/mol. The van der Waals surface area contributed by atoms with Crippen molar-refractivity contribution >= 4 is 0 Å². The van der Waals surface area contributed by atoms with Gasteiger partial charge in [0, 0.05) is 0 Å². The summed E-state index contributed by atoms with van der Waals surface area (Å²) in [6, 6.07) is 3.49. The standard InChI is InChI=1S/C8H7NO3/c10-5-6-4-9-8(12-6)7-2-1-3-11-7/h1-4,10H,5H2. The molecule has 4 heteroatoms. The summed E-state index contributed by atoms with van der Waals surface area (Å²) < 4.78 is 10.2. The molecule has 0 saturated carbocycles. The van der Waals surface area contributed by atoms with Gasteiger partial charge in [-0.2, -0.15) is 0 Å². The molecular formula is C8H7NO3. The van der Waals surface area contributed by atoms with Gasteiger partial charge in [0.1, 0.15) is 12.4 Å². The van der Waals surface area contributed by atoms with Crippen molar-refractivity contribution in [1.82, 2.24) is 4.98 Å². The lowest BCUT2D eigenvalue weighted by Gasteiger charge is -1.86. The molecule has 0 unspecified atom stereocenters. The Morgan fingerprint density at radius 1 is 1.50 bits per heavy atom. The van der Waals surface area contributed by atoms with Crippen molar-refractivity contribution in [2.75, 3.05) is 0 Å². The first-order chi connectivity index (χ1) is 5.90. The van der Waals surface area contributed by atoms with E-state index in [1.54, 1.807) is 12.1 Å². The fourth-order valence-electron chi connectivity index (χ4n) is 0.895. The zero-order valence-electron chi connectivity index (χ0n) is 6.23. The molecule has 2 heterocycles. The summed E-state index contributed by atoms with van der Waals surface area (Å²) in [6.07, 6.45) is 3.01. The molecule has 0 aliphatic carbocycles. The van der Waals surface area contributed by atoms with Crippen LogP contribution < -0.4 is 0 Å². The molecule has 0 radical (unpaired) electrons. The van der Waals surface area contributed by atoms with Gasteiger partial charge in [-0.25, -0.2) is 4.98 Å². The summed E-state index contributed by atoms with van der Waals surface area (Å²) in [5.41, 5.74) is 0. The van der Waals surface area contributed by atoms with E-state index in [1.165, 1.54) is 12.5 Å². The van der Waals surface area contributed by atoms with Gasteiger partial charge >= 0.3 is 0 Å². The molecule has 2 aromatic heterocycles. The second kappa shape index (κ2) is 2.83. The molecule has 2 aromatic rings. The van der Waals surface area contributed by atoms with Crippen molar-refractivity contribution in [3.63, 3.8) is 0 Å². The number of nitrogens with zero attached hydrogens (tertiary/aromatic N) is 1. The number of aromatic nitrogens is 1. The summed E-state index contributed by atoms with van der Waals surface area (Å²) in [5.74, 6) is 1.39. The van der Waals surface area contributed by atoms with Gasteiger partial charge in [0.2, 0.25) is 0 Å². The van der Waals surface area contributed by atoms with Crippen LogP contribution in [0.2, 0.25) is 0 Å². The molecule has 0 aliphatic rings. The third-order valence-electron chi connectivity index (χ3n) is 1.44. The molecule has 0 spiro atoms. The minimum atomic E-state index is -0.145. The summed E-state index contributed by atoms with van der Waals surface area (Å²) in [4.78, 5) is 3.91. The molecule has 0 atom stereocenters. The highest BCUT2D eigenvalue weighted by molar-refractivity contribution is 5.43. The van der Waals surface area contributed by atoms with E-state index in [-0.39, 0.29) is 6.61 Å². The minimum Gasteiger partial charge on any atom is -0.459 e. The molecule has 1 N–H and O–H groups in total. The Kier molecular flexibility index (Phi) is 1.68. The first kappa shape index (κ1) is 7.12. The van der Waals surface area contributed by atoms with Crippen LogP contribution in [0.15, 0.2) is 33.4 Å². The number of aliphatic hydroxyl groups excluding tert-OH is 1. The zero-order chi connectivity index (χ0) is 8.39. The van der Waals surface area contributed by atoms with E-state index >= 15 is 0 Å². The average molecular weight is 165 g/mol. The molecule has 12 heavy (non-hydrogen) atoms. The molecule has 0 fully saturated rings. The Morgan fingerprint density at radius 3 is 3.00 bits per heavy atom. The third kappa shape index (κ3) is 1.12. The van der Waals surface area contributed by atoms with Crippen LogP contribution in [0.1, 0.15) is 5.76 Å². The van der Waals surface area contributed by atoms with E-state index in [9.17, 15) is 0 Å². The number of hydrogen-bond donors (Lipinski definition) is 1. The summed E-state index contributed by atoms with van der Waals surface area (Å²) in [6.45, 7) is -0.145. The third-order valence-corrected chi connectivity index (χ3v) is 1.44. The van der Waals surface area contributed by atoms with Gasteiger partial charge in [0.15, 0.2) is 5.76 Å². The molecular weight excluding hydrogens is 158 g/mol. The van der Waals surface area contributed by atoms with E-state index in [0.717, 1.165) is 0 Å². The molecule has 0 aromatic carbocycles. The summed E-state index contributed by atoms with van der Waals surface area (Å²) in [7, 11) is 0. The Bertz CT molecular complexity index is 350. The second-order valence-corrected chi connectivity index (χ2v) is 2.27. The predicted octanol–water partition coefficient (Wildman–Crippen LogP) is 1.43. The smallest absolute Gasteiger partial charge is 0.263 e. The number of furan rings is 1. The maximum absolute atomic E-state index is 8.68. The van der Waals surface area contributed by atoms with Crippen LogP contribution in [-0.4, -0.2) is 10.1 Å². The first-order valence-corrected chi connectivity index (χ1v) is 3.49. The molecule has 0 bridgehead atoms. The van der Waals surface area contributed by atoms with E-state index in [0.29, 0.717) is 17.4 Å². The average Bonchev–Trinajstić information content (AvgIpc) is 2.75. The minimum absolute atomic E-state index is 0.145. The lowest BCUT2D eigenvalue weighted by molar-refractivity contribution is 0.248. The van der Waals surface area contributed by atoms with Crippen LogP contribution >= 0.6 is 0 Å². The molecule has 0 saturated heterocycles. The highest BCUT2D eigenvalue weighted by Gasteiger charge is 2.07. The quantitative estimate of drug-likeness (QED) is 0.731. The van der Waals surface area contributed by atoms with E-state index in [1.807, 2.05) is 0 Å². The molecule has 0 aliphatic heterocycles. The number of rotatable bonds is 2. The van der Waals surface area contributed by atoms with Crippen LogP contribution in [0, 0.1) is 0 Å². The van der Waals surface area contributed by atoms with E-state index in [4.69, 9.17) is 13.9 Å². The Morgan fingerprint density at radius 2 is 2.42 bits per heavy atom. The van der Waals surface area contributed by atoms with Gasteiger partial charge in [-0.1, -0.05) is 0 Å². The Hall–Kier alpha value is -1.55. The largest absolute Gasteiger partial charge is 0.459 e. The van der Waals surface area contributed by atoms with Gasteiger partial charge < -0.3 is 13.9 Å². The van der Waals surface area contributed by atoms with Crippen LogP contribution in [0.4, 0.5) is 0 Å². The van der Waals surface area contributed by atoms with Gasteiger partial charge in [0.25, 0.3) is 5.89 Å². The van der Waals surface area contributed by atoms with Crippen LogP contribution in [0.3, 0.4) is 0 Å². The van der Waals surface area contributed by atoms with Gasteiger partial charge in [0.05, 0.1) is 12.5 Å². The van der Waals surface area contributed by atoms with Crippen molar-refractivity contribution < 1.29 is 13.9 Å². The van der Waals surface area contributed by atoms with Gasteiger partial charge in [-0.3, -0.25) is 0 Å². The normalized spacial score (nSPS) is 10.4. The van der Waals surface area contributed by atoms with Crippen LogP contribution in [0.5, 0.6) is 0 Å². The van der Waals surface area contributed by atoms with Gasteiger partial charge in [-0.15, -0.1) is 0 Å². The SMILES string of the molecule is OCc1cnc(-c2ccco2)o1. The lowest BCUT2D eigenvalue weighted by atomic mass is 10.4. The second-order valence-electron chi connectivity index (χ2n) is 2.27. The lowest BCUT2D eigenvalue weighted by Crippen LogP contribution is -1.73. The number of oxazole rings is 1. The van der Waals surface area contributed by atoms with E-state index < -0.39 is 0 Å². The highest BCUT2D eigenvalue weighted by Crippen LogP contribution is 2.18. The fourth-order valence-corrected chi connectivity index (χ4v) is 0.895. The van der Waals surface area contributed by atoms with Crippen molar-refractivity contribution in [2.24, 2.45) is 0 Å². The van der Waals surface area contributed by atoms with Crippen molar-refractivity contribution in [3.8, 4) is 11.7 Å². The van der Waals surface area contributed by atoms with Crippen LogP contribution in [-0.2, 0) is 6.61 Å².